The Hall–Kier alpha value is -2.50. The number of aromatic nitrogens is 2. The fourth-order valence-corrected chi connectivity index (χ4v) is 5.77. The van der Waals surface area contributed by atoms with Crippen molar-refractivity contribution >= 4 is 11.8 Å². The summed E-state index contributed by atoms with van der Waals surface area (Å²) >= 11 is 0. The van der Waals surface area contributed by atoms with Crippen LogP contribution in [-0.4, -0.2) is 27.0 Å². The molecule has 0 bridgehead atoms. The lowest BCUT2D eigenvalue weighted by molar-refractivity contribution is -0.137. The van der Waals surface area contributed by atoms with Crippen LogP contribution in [0.1, 0.15) is 124 Å². The van der Waals surface area contributed by atoms with Crippen molar-refractivity contribution in [3.8, 4) is 0 Å². The quantitative estimate of drug-likeness (QED) is 0.387. The molecule has 6 nitrogen and oxygen atoms in total. The van der Waals surface area contributed by atoms with Gasteiger partial charge in [0, 0.05) is 48.0 Å². The number of hydrogen-bond acceptors (Lipinski definition) is 5. The van der Waals surface area contributed by atoms with Crippen molar-refractivity contribution in [1.29, 1.82) is 0 Å². The van der Waals surface area contributed by atoms with Gasteiger partial charge in [0.15, 0.2) is 0 Å². The van der Waals surface area contributed by atoms with Gasteiger partial charge in [-0.15, -0.1) is 0 Å². The lowest BCUT2D eigenvalue weighted by Gasteiger charge is -2.38. The highest BCUT2D eigenvalue weighted by molar-refractivity contribution is 5.82. The van der Waals surface area contributed by atoms with Gasteiger partial charge in [-0.25, -0.2) is 0 Å². The predicted molar refractivity (Wildman–Crippen MR) is 135 cm³/mol. The van der Waals surface area contributed by atoms with Gasteiger partial charge in [-0.3, -0.25) is 14.6 Å². The van der Waals surface area contributed by atoms with E-state index in [1.807, 2.05) is 26.0 Å². The summed E-state index contributed by atoms with van der Waals surface area (Å²) in [7, 11) is 0. The van der Waals surface area contributed by atoms with Gasteiger partial charge in [0.25, 0.3) is 0 Å². The molecule has 0 unspecified atom stereocenters. The number of nitrogens with zero attached hydrogens (tertiary/aromatic N) is 2. The number of aryl methyl sites for hydroxylation is 2. The summed E-state index contributed by atoms with van der Waals surface area (Å²) in [5, 5.41) is 13.9. The van der Waals surface area contributed by atoms with Crippen LogP contribution in [0.4, 0.5) is 0 Å². The van der Waals surface area contributed by atoms with Gasteiger partial charge in [0.1, 0.15) is 11.5 Å². The summed E-state index contributed by atoms with van der Waals surface area (Å²) < 4.78 is 5.98. The zero-order valence-electron chi connectivity index (χ0n) is 21.9. The molecule has 2 aliphatic carbocycles. The maximum absolute atomic E-state index is 13.1. The summed E-state index contributed by atoms with van der Waals surface area (Å²) in [6.45, 7) is 10.7. The van der Waals surface area contributed by atoms with Crippen LogP contribution in [0.5, 0.6) is 0 Å². The molecular formula is C29H40N2O4. The molecule has 0 radical (unpaired) electrons. The van der Waals surface area contributed by atoms with Gasteiger partial charge >= 0.3 is 5.97 Å². The summed E-state index contributed by atoms with van der Waals surface area (Å²) in [5.74, 6) is 1.59. The third kappa shape index (κ3) is 6.59. The zero-order valence-corrected chi connectivity index (χ0v) is 21.9. The molecule has 2 saturated carbocycles. The number of carbonyl (C=O) groups is 2. The predicted octanol–water partition coefficient (Wildman–Crippen LogP) is 6.64. The van der Waals surface area contributed by atoms with Crippen LogP contribution in [0.2, 0.25) is 0 Å². The van der Waals surface area contributed by atoms with E-state index in [-0.39, 0.29) is 24.5 Å². The molecule has 0 spiro atoms. The summed E-state index contributed by atoms with van der Waals surface area (Å²) in [6.07, 6.45) is 6.72. The molecule has 2 heterocycles. The molecule has 2 aromatic rings. The van der Waals surface area contributed by atoms with E-state index >= 15 is 0 Å². The Labute approximate surface area is 208 Å². The number of carbonyl (C=O) groups excluding carboxylic acids is 1. The van der Waals surface area contributed by atoms with E-state index in [2.05, 4.69) is 30.9 Å². The first-order valence-corrected chi connectivity index (χ1v) is 13.2. The van der Waals surface area contributed by atoms with E-state index in [0.717, 1.165) is 60.0 Å². The number of rotatable bonds is 11. The molecule has 6 heteroatoms. The Bertz CT molecular complexity index is 1070. The second-order valence-corrected chi connectivity index (χ2v) is 12.2. The second kappa shape index (κ2) is 10.2. The van der Waals surface area contributed by atoms with E-state index in [1.165, 1.54) is 12.0 Å². The molecule has 190 valence electrons. The Morgan fingerprint density at radius 2 is 1.86 bits per heavy atom. The van der Waals surface area contributed by atoms with E-state index in [1.54, 1.807) is 0 Å². The Balaban J connectivity index is 1.51. The molecule has 0 aliphatic heterocycles. The van der Waals surface area contributed by atoms with Crippen molar-refractivity contribution < 1.29 is 19.2 Å². The fraction of sp³-hybridized carbons (Fsp3) is 0.655. The zero-order chi connectivity index (χ0) is 25.3. The molecule has 2 fully saturated rings. The topological polar surface area (TPSA) is 93.3 Å². The SMILES string of the molecule is Cc1ccc(CC(=O)C[C@H](CCC(=O)O)c2noc(C3CC(CC(C)(C)C)C3)c2C2CC2)c(C)n1. The van der Waals surface area contributed by atoms with E-state index in [4.69, 9.17) is 4.52 Å². The number of carboxylic acids is 1. The van der Waals surface area contributed by atoms with Crippen LogP contribution in [-0.2, 0) is 16.0 Å². The van der Waals surface area contributed by atoms with Gasteiger partial charge in [0.05, 0.1) is 5.69 Å². The Morgan fingerprint density at radius 3 is 2.46 bits per heavy atom. The average molecular weight is 481 g/mol. The Kier molecular flexibility index (Phi) is 7.48. The summed E-state index contributed by atoms with van der Waals surface area (Å²) in [5.41, 5.74) is 5.10. The summed E-state index contributed by atoms with van der Waals surface area (Å²) in [6, 6.07) is 3.90. The van der Waals surface area contributed by atoms with Crippen molar-refractivity contribution in [3.05, 3.63) is 46.1 Å². The minimum atomic E-state index is -0.846. The molecule has 2 aliphatic rings. The average Bonchev–Trinajstić information content (AvgIpc) is 3.47. The van der Waals surface area contributed by atoms with Crippen LogP contribution in [0, 0.1) is 25.2 Å². The van der Waals surface area contributed by atoms with Crippen LogP contribution >= 0.6 is 0 Å². The van der Waals surface area contributed by atoms with Crippen LogP contribution in [0.3, 0.4) is 0 Å². The molecule has 2 aromatic heterocycles. The number of aliphatic carboxylic acids is 1. The smallest absolute Gasteiger partial charge is 0.303 e. The van der Waals surface area contributed by atoms with Crippen LogP contribution < -0.4 is 0 Å². The lowest BCUT2D eigenvalue weighted by atomic mass is 9.66. The fourth-order valence-electron chi connectivity index (χ4n) is 5.77. The number of Topliss-reactive ketones (excluding diaryl/α,β-unsaturated/α-hetero) is 1. The Morgan fingerprint density at radius 1 is 1.14 bits per heavy atom. The third-order valence-electron chi connectivity index (χ3n) is 7.57. The molecule has 1 N–H and O–H groups in total. The van der Waals surface area contributed by atoms with Crippen molar-refractivity contribution in [1.82, 2.24) is 10.1 Å². The molecule has 0 saturated heterocycles. The number of carboxylic acid groups (broad SMARTS) is 1. The number of ketones is 1. The molecule has 4 rings (SSSR count). The number of hydrogen-bond donors (Lipinski definition) is 1. The first kappa shape index (κ1) is 25.6. The van der Waals surface area contributed by atoms with Crippen molar-refractivity contribution in [3.63, 3.8) is 0 Å². The van der Waals surface area contributed by atoms with Crippen molar-refractivity contribution in [2.75, 3.05) is 0 Å². The minimum Gasteiger partial charge on any atom is -0.481 e. The molecule has 0 aromatic carbocycles. The minimum absolute atomic E-state index is 0.0203. The number of pyridine rings is 1. The van der Waals surface area contributed by atoms with Crippen molar-refractivity contribution in [2.24, 2.45) is 11.3 Å². The third-order valence-corrected chi connectivity index (χ3v) is 7.57. The van der Waals surface area contributed by atoms with Crippen molar-refractivity contribution in [2.45, 2.75) is 110 Å². The lowest BCUT2D eigenvalue weighted by Crippen LogP contribution is -2.26. The second-order valence-electron chi connectivity index (χ2n) is 12.2. The van der Waals surface area contributed by atoms with Gasteiger partial charge in [-0.2, -0.15) is 0 Å². The highest BCUT2D eigenvalue weighted by atomic mass is 16.5. The first-order valence-electron chi connectivity index (χ1n) is 13.2. The maximum atomic E-state index is 13.1. The maximum Gasteiger partial charge on any atom is 0.303 e. The molecule has 1 atom stereocenters. The monoisotopic (exact) mass is 480 g/mol. The van der Waals surface area contributed by atoms with Gasteiger partial charge in [0.2, 0.25) is 0 Å². The standard InChI is InChI=1S/C29H40N2O4/c1-17-6-7-21(18(2)30-17)14-24(32)15-22(10-11-25(33)34)27-26(20-8-9-20)28(35-31-27)23-12-19(13-23)16-29(3,4)5/h6-7,19-20,22-23H,8-16H2,1-5H3,(H,33,34)/t19?,22-,23?/m0/s1. The van der Waals surface area contributed by atoms with E-state index < -0.39 is 5.97 Å². The van der Waals surface area contributed by atoms with E-state index in [0.29, 0.717) is 30.1 Å². The van der Waals surface area contributed by atoms with Gasteiger partial charge in [-0.05, 0) is 81.3 Å². The normalized spacial score (nSPS) is 20.9. The highest BCUT2D eigenvalue weighted by Crippen LogP contribution is 2.53. The highest BCUT2D eigenvalue weighted by Gasteiger charge is 2.42. The van der Waals surface area contributed by atoms with E-state index in [9.17, 15) is 14.7 Å². The molecule has 0 amide bonds. The first-order chi connectivity index (χ1) is 16.5. The summed E-state index contributed by atoms with van der Waals surface area (Å²) in [4.78, 5) is 29.0. The van der Waals surface area contributed by atoms with Crippen LogP contribution in [0.15, 0.2) is 16.7 Å². The van der Waals surface area contributed by atoms with Crippen LogP contribution in [0.25, 0.3) is 0 Å². The molecular weight excluding hydrogens is 440 g/mol. The van der Waals surface area contributed by atoms with Gasteiger partial charge in [-0.1, -0.05) is 32.0 Å². The molecule has 35 heavy (non-hydrogen) atoms. The largest absolute Gasteiger partial charge is 0.481 e. The van der Waals surface area contributed by atoms with Gasteiger partial charge < -0.3 is 9.63 Å².